The van der Waals surface area contributed by atoms with Gasteiger partial charge < -0.3 is 46.5 Å². The van der Waals surface area contributed by atoms with Crippen LogP contribution in [0.1, 0.15) is 83.0 Å². The van der Waals surface area contributed by atoms with Gasteiger partial charge in [0.25, 0.3) is 0 Å². The molecule has 2 aliphatic rings. The molecule has 0 saturated carbocycles. The van der Waals surface area contributed by atoms with Crippen molar-refractivity contribution in [3.05, 3.63) is 83.9 Å². The third kappa shape index (κ3) is 17.6. The average Bonchev–Trinajstić information content (AvgIpc) is 3.98. The van der Waals surface area contributed by atoms with Crippen LogP contribution in [-0.4, -0.2) is 137 Å². The largest absolute Gasteiger partial charge is 0.508 e. The Morgan fingerprint density at radius 2 is 1.55 bits per heavy atom. The molecule has 9 atom stereocenters. The molecule has 3 aromatic rings. The summed E-state index contributed by atoms with van der Waals surface area (Å²) in [6, 6.07) is 8.82. The van der Waals surface area contributed by atoms with Crippen molar-refractivity contribution in [1.82, 2.24) is 36.1 Å². The Morgan fingerprint density at radius 1 is 0.873 bits per heavy atom. The van der Waals surface area contributed by atoms with Gasteiger partial charge in [-0.05, 0) is 54.4 Å². The normalized spacial score (nSPS) is 24.0. The number of aromatic nitrogens is 2. The van der Waals surface area contributed by atoms with E-state index in [1.165, 1.54) is 65.3 Å². The lowest BCUT2D eigenvalue weighted by atomic mass is 9.90. The second-order valence-corrected chi connectivity index (χ2v) is 21.5. The highest BCUT2D eigenvalue weighted by Gasteiger charge is 2.43. The number of H-pyrrole nitrogens is 1. The van der Waals surface area contributed by atoms with Gasteiger partial charge in [-0.15, -0.1) is 0 Å². The van der Waals surface area contributed by atoms with E-state index in [0.29, 0.717) is 17.0 Å². The Morgan fingerprint density at radius 3 is 2.20 bits per heavy atom. The first kappa shape index (κ1) is 55.9. The molecular weight excluding hydrogens is 955 g/mol. The lowest BCUT2D eigenvalue weighted by Gasteiger charge is -2.31. The van der Waals surface area contributed by atoms with Crippen molar-refractivity contribution in [3.63, 3.8) is 0 Å². The monoisotopic (exact) mass is 1020 g/mol. The summed E-state index contributed by atoms with van der Waals surface area (Å²) < 4.78 is 0. The maximum absolute atomic E-state index is 14.8. The number of hydrogen-bond donors (Lipinski definition) is 8. The molecule has 19 nitrogen and oxygen atoms in total. The molecule has 2 aliphatic heterocycles. The summed E-state index contributed by atoms with van der Waals surface area (Å²) in [6.45, 7) is 6.55. The summed E-state index contributed by atoms with van der Waals surface area (Å²) in [5.74, 6) is -8.85. The minimum Gasteiger partial charge on any atom is -0.508 e. The van der Waals surface area contributed by atoms with Gasteiger partial charge in [0.2, 0.25) is 29.5 Å². The summed E-state index contributed by atoms with van der Waals surface area (Å²) in [5.41, 5.74) is 1.78. The van der Waals surface area contributed by atoms with Crippen molar-refractivity contribution >= 4 is 74.4 Å². The van der Waals surface area contributed by atoms with Crippen LogP contribution in [0.3, 0.4) is 0 Å². The fourth-order valence-corrected chi connectivity index (χ4v) is 11.3. The first-order valence-corrected chi connectivity index (χ1v) is 26.2. The van der Waals surface area contributed by atoms with E-state index in [1.807, 2.05) is 39.0 Å². The van der Waals surface area contributed by atoms with Gasteiger partial charge >= 0.3 is 5.97 Å². The fraction of sp³-hybridized carbons (Fsp3) is 0.520. The van der Waals surface area contributed by atoms with E-state index in [2.05, 4.69) is 31.2 Å². The molecule has 21 heteroatoms. The summed E-state index contributed by atoms with van der Waals surface area (Å²) in [5, 5.41) is 41.8. The Labute approximate surface area is 420 Å². The van der Waals surface area contributed by atoms with Crippen molar-refractivity contribution in [2.24, 2.45) is 23.7 Å². The van der Waals surface area contributed by atoms with Crippen LogP contribution in [0.15, 0.2) is 67.1 Å². The van der Waals surface area contributed by atoms with E-state index < -0.39 is 108 Å². The molecule has 0 spiro atoms. The molecule has 8 N–H and O–H groups in total. The minimum atomic E-state index is -1.43. The summed E-state index contributed by atoms with van der Waals surface area (Å²) in [6.07, 6.45) is 0.0284. The predicted octanol–water partition coefficient (Wildman–Crippen LogP) is 2.73. The number of nitrogens with zero attached hydrogens (tertiary/aromatic N) is 2. The number of carboxylic acids is 1. The van der Waals surface area contributed by atoms with E-state index in [4.69, 9.17) is 0 Å². The zero-order valence-electron chi connectivity index (χ0n) is 40.3. The zero-order chi connectivity index (χ0) is 51.8. The molecule has 5 rings (SSSR count). The van der Waals surface area contributed by atoms with Crippen molar-refractivity contribution in [1.29, 1.82) is 0 Å². The number of Topliss-reactive ketones (excluding diaryl/α,β-unsaturated/α-hetero) is 3. The number of phenols is 1. The number of hydrogen-bond acceptors (Lipinski definition) is 14. The molecule has 5 amide bonds. The van der Waals surface area contributed by atoms with Crippen LogP contribution >= 0.6 is 21.6 Å². The fourth-order valence-electron chi connectivity index (χ4n) is 8.71. The molecule has 384 valence electrons. The molecule has 1 unspecified atom stereocenters. The number of fused-ring (bicyclic) bond motifs is 1. The van der Waals surface area contributed by atoms with Crippen molar-refractivity contribution < 1.29 is 58.5 Å². The lowest BCUT2D eigenvalue weighted by Crippen LogP contribution is -2.57. The summed E-state index contributed by atoms with van der Waals surface area (Å²) in [7, 11) is 2.55. The number of carbonyl (C=O) groups is 9. The number of rotatable bonds is 16. The number of aromatic amines is 1. The van der Waals surface area contributed by atoms with Crippen LogP contribution in [0.5, 0.6) is 5.75 Å². The number of amides is 5. The van der Waals surface area contributed by atoms with Crippen molar-refractivity contribution in [2.75, 3.05) is 18.1 Å². The van der Waals surface area contributed by atoms with Crippen LogP contribution in [-0.2, 0) is 62.4 Å². The summed E-state index contributed by atoms with van der Waals surface area (Å²) in [4.78, 5) is 132. The molecule has 2 aromatic carbocycles. The predicted molar refractivity (Wildman–Crippen MR) is 265 cm³/mol. The number of carbonyl (C=O) groups excluding carboxylic acids is 8. The smallest absolute Gasteiger partial charge is 0.304 e. The first-order valence-electron chi connectivity index (χ1n) is 23.8. The molecule has 0 bridgehead atoms. The maximum atomic E-state index is 14.8. The quantitative estimate of drug-likeness (QED) is 0.0958. The van der Waals surface area contributed by atoms with E-state index in [0.717, 1.165) is 10.5 Å². The number of carboxylic acid groups (broad SMARTS) is 1. The highest BCUT2D eigenvalue weighted by atomic mass is 33.1. The number of ketones is 3. The molecule has 71 heavy (non-hydrogen) atoms. The molecule has 0 radical (unpaired) electrons. The van der Waals surface area contributed by atoms with Gasteiger partial charge in [-0.1, -0.05) is 84.8 Å². The number of phenolic OH excluding ortho intramolecular Hbond substituents is 1. The van der Waals surface area contributed by atoms with Crippen LogP contribution in [0.2, 0.25) is 0 Å². The van der Waals surface area contributed by atoms with Crippen molar-refractivity contribution in [2.45, 2.75) is 122 Å². The SMILES string of the molecule is CC(=O)N[C@H](Cc1ccccc1)C(=O)C[C@H](Cc1cnc[nH]1)C(=O)N[C@@H]1CSSC[C@H](C)CC(=O)[C@@H](CC(C)C)NC(=O)[C@@H](CC(=O)O)CC(=O)[C@@H](Cc2ccc(O)cc2)NC(=O)[C@H]2CC(O)CN2C1=O. The number of nitrogens with one attached hydrogen (secondary N) is 5. The van der Waals surface area contributed by atoms with Crippen LogP contribution in [0.4, 0.5) is 0 Å². The van der Waals surface area contributed by atoms with Crippen LogP contribution < -0.4 is 21.3 Å². The summed E-state index contributed by atoms with van der Waals surface area (Å²) >= 11 is 0. The van der Waals surface area contributed by atoms with Gasteiger partial charge in [0.05, 0.1) is 48.8 Å². The first-order chi connectivity index (χ1) is 33.8. The standard InChI is InChI=1S/C50H65N7O12S2/c1-28(2)14-38-43(61)15-29(3)25-70-71-26-41(56-47(66)33(18-35-23-51-27-52-35)19-44(62)39(53-30(4)58)16-31-8-6-5-7-9-31)50(69)57-24-37(60)22-42(57)49(68)55-40(17-32-10-12-36(59)13-11-32)45(63)20-34(21-46(64)65)48(67)54-38/h5-13,23,27-29,33-34,37-42,59-60H,14-22,24-26H2,1-4H3,(H,51,52)(H,53,58)(H,54,67)(H,55,68)(H,56,66)(H,64,65)/t29-,33+,34-,37?,38-,39-,40-,41-,42-/m1/s1. The van der Waals surface area contributed by atoms with Gasteiger partial charge in [0, 0.05) is 69.0 Å². The van der Waals surface area contributed by atoms with E-state index in [-0.39, 0.29) is 80.6 Å². The molecule has 1 aromatic heterocycles. The highest BCUT2D eigenvalue weighted by Crippen LogP contribution is 2.29. The van der Waals surface area contributed by atoms with Gasteiger partial charge in [0.15, 0.2) is 17.3 Å². The van der Waals surface area contributed by atoms with Gasteiger partial charge in [-0.25, -0.2) is 4.98 Å². The lowest BCUT2D eigenvalue weighted by molar-refractivity contribution is -0.143. The highest BCUT2D eigenvalue weighted by molar-refractivity contribution is 8.76. The van der Waals surface area contributed by atoms with E-state index >= 15 is 0 Å². The molecular formula is C50H65N7O12S2. The van der Waals surface area contributed by atoms with Gasteiger partial charge in [-0.2, -0.15) is 0 Å². The maximum Gasteiger partial charge on any atom is 0.304 e. The van der Waals surface area contributed by atoms with E-state index in [1.54, 1.807) is 12.1 Å². The minimum absolute atomic E-state index is 0.000461. The van der Waals surface area contributed by atoms with E-state index in [9.17, 15) is 58.5 Å². The molecule has 3 heterocycles. The second kappa shape index (κ2) is 27.0. The molecule has 2 fully saturated rings. The zero-order valence-corrected chi connectivity index (χ0v) is 42.0. The number of aliphatic hydroxyl groups is 1. The number of aromatic hydroxyl groups is 1. The second-order valence-electron chi connectivity index (χ2n) is 19.0. The van der Waals surface area contributed by atoms with Crippen molar-refractivity contribution in [3.8, 4) is 5.75 Å². The number of benzene rings is 2. The average molecular weight is 1020 g/mol. The Kier molecular flexibility index (Phi) is 21.2. The van der Waals surface area contributed by atoms with Crippen LogP contribution in [0, 0.1) is 23.7 Å². The molecule has 0 aliphatic carbocycles. The van der Waals surface area contributed by atoms with Gasteiger partial charge in [0.1, 0.15) is 17.8 Å². The number of aliphatic hydroxyl groups excluding tert-OH is 1. The third-order valence-electron chi connectivity index (χ3n) is 12.3. The van der Waals surface area contributed by atoms with Gasteiger partial charge in [-0.3, -0.25) is 43.2 Å². The number of imidazole rings is 1. The Balaban J connectivity index is 1.49. The van der Waals surface area contributed by atoms with Crippen LogP contribution in [0.25, 0.3) is 0 Å². The number of aliphatic carboxylic acids is 1. The third-order valence-corrected chi connectivity index (χ3v) is 15.0. The Bertz CT molecular complexity index is 2340. The topological polar surface area (TPSA) is 294 Å². The Hall–Kier alpha value is -6.06. The molecule has 2 saturated heterocycles.